The standard InChI is InChI=1S/C10H9Cl3N4S/c1-5-2-6-8(15-3-5)17(4-7(14)18)9(16-6)10(11,12)13/h2-3H,4H2,1H3,(H2,14,18). The van der Waals surface area contributed by atoms with Gasteiger partial charge in [-0.25, -0.2) is 9.97 Å². The van der Waals surface area contributed by atoms with Gasteiger partial charge in [-0.3, -0.25) is 0 Å². The minimum absolute atomic E-state index is 0.227. The Balaban J connectivity index is 2.72. The molecule has 0 fully saturated rings. The van der Waals surface area contributed by atoms with Gasteiger partial charge in [0.2, 0.25) is 3.79 Å². The van der Waals surface area contributed by atoms with Gasteiger partial charge in [-0.2, -0.15) is 0 Å². The fourth-order valence-corrected chi connectivity index (χ4v) is 2.20. The number of fused-ring (bicyclic) bond motifs is 1. The molecule has 0 saturated heterocycles. The maximum atomic E-state index is 5.89. The number of aromatic nitrogens is 3. The first kappa shape index (κ1) is 13.8. The lowest BCUT2D eigenvalue weighted by molar-refractivity contribution is 0.792. The summed E-state index contributed by atoms with van der Waals surface area (Å²) < 4.78 is -0.0382. The van der Waals surface area contributed by atoms with Crippen LogP contribution in [0.1, 0.15) is 11.4 Å². The van der Waals surface area contributed by atoms with Crippen LogP contribution in [0.5, 0.6) is 0 Å². The van der Waals surface area contributed by atoms with E-state index in [4.69, 9.17) is 52.8 Å². The van der Waals surface area contributed by atoms with Crippen molar-refractivity contribution < 1.29 is 0 Å². The van der Waals surface area contributed by atoms with Crippen LogP contribution in [0.3, 0.4) is 0 Å². The molecule has 2 N–H and O–H groups in total. The Morgan fingerprint density at radius 1 is 1.50 bits per heavy atom. The lowest BCUT2D eigenvalue weighted by Gasteiger charge is -2.13. The molecule has 0 bridgehead atoms. The summed E-state index contributed by atoms with van der Waals surface area (Å²) in [5, 5.41) is 0. The first-order valence-electron chi connectivity index (χ1n) is 4.97. The first-order chi connectivity index (χ1) is 8.29. The van der Waals surface area contributed by atoms with Crippen molar-refractivity contribution in [3.63, 3.8) is 0 Å². The molecule has 0 aliphatic heterocycles. The van der Waals surface area contributed by atoms with Gasteiger partial charge in [0.15, 0.2) is 11.5 Å². The molecular weight excluding hydrogens is 315 g/mol. The Bertz CT molecular complexity index is 617. The number of halogens is 3. The van der Waals surface area contributed by atoms with E-state index in [1.807, 2.05) is 13.0 Å². The molecule has 2 rings (SSSR count). The predicted octanol–water partition coefficient (Wildman–Crippen LogP) is 2.85. The van der Waals surface area contributed by atoms with Gasteiger partial charge < -0.3 is 10.3 Å². The first-order valence-corrected chi connectivity index (χ1v) is 6.51. The van der Waals surface area contributed by atoms with Crippen LogP contribution in [0.15, 0.2) is 12.3 Å². The quantitative estimate of drug-likeness (QED) is 0.682. The second-order valence-corrected chi connectivity index (χ2v) is 6.65. The summed E-state index contributed by atoms with van der Waals surface area (Å²) in [7, 11) is 0. The van der Waals surface area contributed by atoms with Crippen LogP contribution in [0.4, 0.5) is 0 Å². The zero-order valence-corrected chi connectivity index (χ0v) is 12.4. The molecule has 4 nitrogen and oxygen atoms in total. The van der Waals surface area contributed by atoms with E-state index in [9.17, 15) is 0 Å². The van der Waals surface area contributed by atoms with E-state index in [0.717, 1.165) is 5.56 Å². The summed E-state index contributed by atoms with van der Waals surface area (Å²) in [6.45, 7) is 2.14. The van der Waals surface area contributed by atoms with E-state index in [2.05, 4.69) is 9.97 Å². The smallest absolute Gasteiger partial charge is 0.248 e. The van der Waals surface area contributed by atoms with E-state index < -0.39 is 3.79 Å². The normalized spacial score (nSPS) is 12.0. The van der Waals surface area contributed by atoms with Gasteiger partial charge in [0, 0.05) is 6.20 Å². The zero-order valence-electron chi connectivity index (χ0n) is 9.32. The monoisotopic (exact) mass is 322 g/mol. The Morgan fingerprint density at radius 2 is 2.17 bits per heavy atom. The number of alkyl halides is 3. The Labute approximate surface area is 124 Å². The van der Waals surface area contributed by atoms with Crippen LogP contribution < -0.4 is 5.73 Å². The molecule has 2 heterocycles. The molecule has 0 aromatic carbocycles. The summed E-state index contributed by atoms with van der Waals surface area (Å²) in [6.07, 6.45) is 1.71. The van der Waals surface area contributed by atoms with E-state index in [-0.39, 0.29) is 17.4 Å². The van der Waals surface area contributed by atoms with Crippen LogP contribution in [0.2, 0.25) is 0 Å². The average Bonchev–Trinajstić information content (AvgIpc) is 2.55. The van der Waals surface area contributed by atoms with Crippen LogP contribution >= 0.6 is 47.0 Å². The maximum Gasteiger partial charge on any atom is 0.248 e. The lowest BCUT2D eigenvalue weighted by Crippen LogP contribution is -2.21. The molecule has 96 valence electrons. The third-order valence-electron chi connectivity index (χ3n) is 2.29. The number of nitrogens with two attached hydrogens (primary N) is 1. The lowest BCUT2D eigenvalue weighted by atomic mass is 10.3. The molecule has 8 heteroatoms. The highest BCUT2D eigenvalue weighted by atomic mass is 35.6. The van der Waals surface area contributed by atoms with Crippen molar-refractivity contribution >= 4 is 63.2 Å². The van der Waals surface area contributed by atoms with Crippen LogP contribution in [-0.4, -0.2) is 19.5 Å². The van der Waals surface area contributed by atoms with Crippen molar-refractivity contribution in [2.45, 2.75) is 17.3 Å². The van der Waals surface area contributed by atoms with Gasteiger partial charge in [-0.15, -0.1) is 0 Å². The third kappa shape index (κ3) is 2.69. The van der Waals surface area contributed by atoms with Crippen LogP contribution in [0.25, 0.3) is 11.2 Å². The Morgan fingerprint density at radius 3 is 2.72 bits per heavy atom. The van der Waals surface area contributed by atoms with Gasteiger partial charge in [-0.1, -0.05) is 47.0 Å². The summed E-state index contributed by atoms with van der Waals surface area (Å²) in [6, 6.07) is 1.86. The molecule has 0 amide bonds. The van der Waals surface area contributed by atoms with E-state index in [1.54, 1.807) is 10.8 Å². The van der Waals surface area contributed by atoms with Gasteiger partial charge in [0.25, 0.3) is 0 Å². The van der Waals surface area contributed by atoms with Gasteiger partial charge in [-0.05, 0) is 18.6 Å². The minimum Gasteiger partial charge on any atom is -0.392 e. The summed E-state index contributed by atoms with van der Waals surface area (Å²) in [5.74, 6) is 0.258. The van der Waals surface area contributed by atoms with E-state index in [0.29, 0.717) is 11.2 Å². The molecule has 0 saturated carbocycles. The van der Waals surface area contributed by atoms with Crippen LogP contribution in [0, 0.1) is 6.92 Å². The number of pyridine rings is 1. The van der Waals surface area contributed by atoms with Crippen molar-refractivity contribution in [2.24, 2.45) is 5.73 Å². The fourth-order valence-electron chi connectivity index (χ4n) is 1.63. The molecule has 18 heavy (non-hydrogen) atoms. The van der Waals surface area contributed by atoms with Crippen molar-refractivity contribution in [1.29, 1.82) is 0 Å². The number of nitrogens with zero attached hydrogens (tertiary/aromatic N) is 3. The second-order valence-electron chi connectivity index (χ2n) is 3.84. The molecule has 0 atom stereocenters. The van der Waals surface area contributed by atoms with Gasteiger partial charge in [0.05, 0.1) is 11.5 Å². The van der Waals surface area contributed by atoms with Gasteiger partial charge in [0.1, 0.15) is 5.52 Å². The number of rotatable bonds is 2. The highest BCUT2D eigenvalue weighted by Gasteiger charge is 2.31. The molecular formula is C10H9Cl3N4S. The van der Waals surface area contributed by atoms with Crippen LogP contribution in [-0.2, 0) is 10.3 Å². The van der Waals surface area contributed by atoms with Crippen molar-refractivity contribution in [1.82, 2.24) is 14.5 Å². The third-order valence-corrected chi connectivity index (χ3v) is 2.93. The zero-order chi connectivity index (χ0) is 13.5. The molecule has 2 aromatic rings. The maximum absolute atomic E-state index is 5.89. The van der Waals surface area contributed by atoms with E-state index in [1.165, 1.54) is 0 Å². The highest BCUT2D eigenvalue weighted by Crippen LogP contribution is 2.38. The second kappa shape index (κ2) is 4.81. The molecule has 0 spiro atoms. The highest BCUT2D eigenvalue weighted by molar-refractivity contribution is 7.80. The fraction of sp³-hybridized carbons (Fsp3) is 0.300. The largest absolute Gasteiger partial charge is 0.392 e. The molecule has 2 aromatic heterocycles. The van der Waals surface area contributed by atoms with E-state index >= 15 is 0 Å². The molecule has 0 aliphatic rings. The molecule has 0 unspecified atom stereocenters. The summed E-state index contributed by atoms with van der Waals surface area (Å²) in [4.78, 5) is 8.84. The molecule has 0 aliphatic carbocycles. The number of imidazole rings is 1. The summed E-state index contributed by atoms with van der Waals surface area (Å²) >= 11 is 22.6. The Kier molecular flexibility index (Phi) is 3.69. The SMILES string of the molecule is Cc1cnc2c(c1)nc(C(Cl)(Cl)Cl)n2CC(N)=S. The van der Waals surface area contributed by atoms with Gasteiger partial charge >= 0.3 is 0 Å². The predicted molar refractivity (Wildman–Crippen MR) is 78.3 cm³/mol. The number of thiocarbonyl (C=S) groups is 1. The van der Waals surface area contributed by atoms with Crippen molar-refractivity contribution in [3.05, 3.63) is 23.7 Å². The Hall–Kier alpha value is -0.620. The number of hydrogen-bond donors (Lipinski definition) is 1. The van der Waals surface area contributed by atoms with Crippen molar-refractivity contribution in [2.75, 3.05) is 0 Å². The topological polar surface area (TPSA) is 56.7 Å². The average molecular weight is 324 g/mol. The molecule has 0 radical (unpaired) electrons. The minimum atomic E-state index is -1.65. The van der Waals surface area contributed by atoms with Crippen molar-refractivity contribution in [3.8, 4) is 0 Å². The number of aryl methyl sites for hydroxylation is 1. The number of hydrogen-bond acceptors (Lipinski definition) is 3. The summed E-state index contributed by atoms with van der Waals surface area (Å²) in [5.41, 5.74) is 7.75.